The molecule has 0 radical (unpaired) electrons. The molecule has 0 amide bonds. The van der Waals surface area contributed by atoms with Crippen LogP contribution >= 0.6 is 0 Å². The van der Waals surface area contributed by atoms with Crippen LogP contribution < -0.4 is 4.90 Å². The molecule has 2 heteroatoms. The van der Waals surface area contributed by atoms with Crippen molar-refractivity contribution in [1.29, 1.82) is 0 Å². The first-order chi connectivity index (χ1) is 34.0. The Morgan fingerprint density at radius 1 is 0.377 bits per heavy atom. The van der Waals surface area contributed by atoms with Gasteiger partial charge in [-0.1, -0.05) is 208 Å². The number of nitrogens with zero attached hydrogens (tertiary/aromatic N) is 2. The van der Waals surface area contributed by atoms with E-state index in [1.165, 1.54) is 111 Å². The van der Waals surface area contributed by atoms with E-state index in [1.54, 1.807) is 0 Å². The van der Waals surface area contributed by atoms with Crippen LogP contribution in [0.1, 0.15) is 43.4 Å². The summed E-state index contributed by atoms with van der Waals surface area (Å²) in [5, 5.41) is 5.02. The summed E-state index contributed by atoms with van der Waals surface area (Å²) in [5.74, 6) is 0. The average Bonchev–Trinajstić information content (AvgIpc) is 3.86. The second kappa shape index (κ2) is 16.4. The minimum absolute atomic E-state index is 0.0868. The van der Waals surface area contributed by atoms with Gasteiger partial charge in [-0.05, 0) is 133 Å². The van der Waals surface area contributed by atoms with Crippen molar-refractivity contribution < 1.29 is 0 Å². The van der Waals surface area contributed by atoms with Crippen LogP contribution in [0, 0.1) is 0 Å². The number of fused-ring (bicyclic) bond motifs is 7. The predicted octanol–water partition coefficient (Wildman–Crippen LogP) is 18.1. The minimum atomic E-state index is -0.0868. The van der Waals surface area contributed by atoms with Crippen LogP contribution in [-0.4, -0.2) is 4.57 Å². The molecule has 328 valence electrons. The third kappa shape index (κ3) is 6.86. The quantitative estimate of drug-likeness (QED) is 0.148. The molecule has 13 rings (SSSR count). The fourth-order valence-electron chi connectivity index (χ4n) is 11.5. The van der Waals surface area contributed by atoms with Crippen LogP contribution in [0.2, 0.25) is 0 Å². The monoisotopic (exact) mass is 882 g/mol. The van der Waals surface area contributed by atoms with E-state index < -0.39 is 0 Å². The maximum Gasteiger partial charge on any atom is 0.0547 e. The summed E-state index contributed by atoms with van der Waals surface area (Å²) < 4.78 is 2.47. The summed E-state index contributed by atoms with van der Waals surface area (Å²) in [4.78, 5) is 2.49. The SMILES string of the molecule is CC1(C)c2ccccc2-c2ccc(N(C3=CC=C(c4ccccc4)CC3)c3ccc(-c4ccc(-c5ccccc5-n5c6ccccc6c6ccc(-c7cccc8ccccc78)cc65)cc4)cc3)cc21. The molecule has 0 atom stereocenters. The normalized spacial score (nSPS) is 13.8. The lowest BCUT2D eigenvalue weighted by Crippen LogP contribution is -2.20. The van der Waals surface area contributed by atoms with Crippen LogP contribution in [-0.2, 0) is 5.41 Å². The Labute approximate surface area is 404 Å². The number of allylic oxidation sites excluding steroid dienone is 4. The maximum absolute atomic E-state index is 2.49. The third-order valence-electron chi connectivity index (χ3n) is 15.0. The molecule has 2 nitrogen and oxygen atoms in total. The van der Waals surface area contributed by atoms with E-state index in [2.05, 4.69) is 266 Å². The zero-order valence-corrected chi connectivity index (χ0v) is 38.9. The maximum atomic E-state index is 2.49. The average molecular weight is 883 g/mol. The number of para-hydroxylation sites is 2. The predicted molar refractivity (Wildman–Crippen MR) is 292 cm³/mol. The summed E-state index contributed by atoms with van der Waals surface area (Å²) in [6.45, 7) is 4.74. The lowest BCUT2D eigenvalue weighted by Gasteiger charge is -2.31. The zero-order valence-electron chi connectivity index (χ0n) is 38.9. The molecule has 0 fully saturated rings. The van der Waals surface area contributed by atoms with Gasteiger partial charge in [-0.15, -0.1) is 0 Å². The highest BCUT2D eigenvalue weighted by Gasteiger charge is 2.36. The van der Waals surface area contributed by atoms with E-state index in [0.717, 1.165) is 24.2 Å². The number of aromatic nitrogens is 1. The minimum Gasteiger partial charge on any atom is -0.314 e. The fraction of sp³-hybridized carbons (Fsp3) is 0.0746. The molecule has 0 unspecified atom stereocenters. The summed E-state index contributed by atoms with van der Waals surface area (Å²) in [6, 6.07) is 85.1. The Bertz CT molecular complexity index is 3840. The van der Waals surface area contributed by atoms with Crippen LogP contribution in [0.25, 0.3) is 88.3 Å². The summed E-state index contributed by atoms with van der Waals surface area (Å²) >= 11 is 0. The number of hydrogen-bond acceptors (Lipinski definition) is 1. The highest BCUT2D eigenvalue weighted by Crippen LogP contribution is 2.51. The van der Waals surface area contributed by atoms with Crippen molar-refractivity contribution in [3.63, 3.8) is 0 Å². The van der Waals surface area contributed by atoms with E-state index in [1.807, 2.05) is 0 Å². The van der Waals surface area contributed by atoms with Crippen molar-refractivity contribution in [1.82, 2.24) is 4.57 Å². The first-order valence-corrected chi connectivity index (χ1v) is 24.3. The van der Waals surface area contributed by atoms with Crippen LogP contribution in [0.15, 0.2) is 248 Å². The summed E-state index contributed by atoms with van der Waals surface area (Å²) in [6.07, 6.45) is 6.61. The highest BCUT2D eigenvalue weighted by molar-refractivity contribution is 6.11. The van der Waals surface area contributed by atoms with Crippen LogP contribution in [0.4, 0.5) is 11.4 Å². The van der Waals surface area contributed by atoms with Gasteiger partial charge in [-0.3, -0.25) is 0 Å². The van der Waals surface area contributed by atoms with Gasteiger partial charge in [0, 0.05) is 38.8 Å². The van der Waals surface area contributed by atoms with Gasteiger partial charge in [-0.2, -0.15) is 0 Å². The second-order valence-electron chi connectivity index (χ2n) is 19.2. The molecule has 0 spiro atoms. The van der Waals surface area contributed by atoms with Crippen molar-refractivity contribution in [2.24, 2.45) is 0 Å². The zero-order chi connectivity index (χ0) is 46.1. The second-order valence-corrected chi connectivity index (χ2v) is 19.2. The molecule has 1 heterocycles. The topological polar surface area (TPSA) is 8.17 Å². The Hall–Kier alpha value is -8.46. The standard InChI is InChI=1S/C67H50N2/c1-67(2)62-24-11-8-21-58(62)59-42-40-54(44-63(59)67)68(52-36-31-47(32-37-52)45-15-4-3-5-16-45)53-38-33-48(34-39-53)46-27-29-50(30-28-46)57-20-9-12-25-64(57)69-65-26-13-10-22-60(65)61-41-35-51(43-66(61)69)56-23-14-18-49-17-6-7-19-55(49)56/h3-31,33-36,38-44H,32,37H2,1-2H3. The Morgan fingerprint density at radius 2 is 0.986 bits per heavy atom. The Balaban J connectivity index is 0.856. The lowest BCUT2D eigenvalue weighted by molar-refractivity contribution is 0.660. The molecule has 2 aliphatic carbocycles. The molecular weight excluding hydrogens is 833 g/mol. The number of hydrogen-bond donors (Lipinski definition) is 0. The smallest absolute Gasteiger partial charge is 0.0547 e. The fourth-order valence-corrected chi connectivity index (χ4v) is 11.5. The van der Waals surface area contributed by atoms with E-state index in [0.29, 0.717) is 0 Å². The molecule has 1 aromatic heterocycles. The Morgan fingerprint density at radius 3 is 1.80 bits per heavy atom. The number of benzene rings is 10. The van der Waals surface area contributed by atoms with Gasteiger partial charge < -0.3 is 9.47 Å². The molecule has 0 saturated heterocycles. The molecule has 11 aromatic rings. The molecule has 0 saturated carbocycles. The van der Waals surface area contributed by atoms with Gasteiger partial charge in [0.25, 0.3) is 0 Å². The van der Waals surface area contributed by atoms with Crippen molar-refractivity contribution in [2.75, 3.05) is 4.90 Å². The van der Waals surface area contributed by atoms with Crippen LogP contribution in [0.5, 0.6) is 0 Å². The van der Waals surface area contributed by atoms with Gasteiger partial charge in [-0.25, -0.2) is 0 Å². The molecule has 0 bridgehead atoms. The van der Waals surface area contributed by atoms with E-state index in [4.69, 9.17) is 0 Å². The molecule has 0 aliphatic heterocycles. The molecule has 2 aliphatic rings. The lowest BCUT2D eigenvalue weighted by atomic mass is 9.82. The number of anilines is 2. The van der Waals surface area contributed by atoms with Gasteiger partial charge in [0.2, 0.25) is 0 Å². The van der Waals surface area contributed by atoms with Crippen molar-refractivity contribution in [3.8, 4) is 50.2 Å². The number of rotatable bonds is 8. The van der Waals surface area contributed by atoms with E-state index in [9.17, 15) is 0 Å². The van der Waals surface area contributed by atoms with Crippen LogP contribution in [0.3, 0.4) is 0 Å². The van der Waals surface area contributed by atoms with Gasteiger partial charge >= 0.3 is 0 Å². The van der Waals surface area contributed by atoms with Gasteiger partial charge in [0.05, 0.1) is 16.7 Å². The van der Waals surface area contributed by atoms with Crippen molar-refractivity contribution in [2.45, 2.75) is 32.1 Å². The Kier molecular flexibility index (Phi) is 9.69. The third-order valence-corrected chi connectivity index (χ3v) is 15.0. The van der Waals surface area contributed by atoms with Gasteiger partial charge in [0.15, 0.2) is 0 Å². The van der Waals surface area contributed by atoms with E-state index >= 15 is 0 Å². The molecule has 10 aromatic carbocycles. The summed E-state index contributed by atoms with van der Waals surface area (Å²) in [7, 11) is 0. The van der Waals surface area contributed by atoms with Gasteiger partial charge in [0.1, 0.15) is 0 Å². The van der Waals surface area contributed by atoms with E-state index in [-0.39, 0.29) is 5.41 Å². The molecule has 0 N–H and O–H groups in total. The largest absolute Gasteiger partial charge is 0.314 e. The van der Waals surface area contributed by atoms with Crippen molar-refractivity contribution >= 4 is 49.5 Å². The summed E-state index contributed by atoms with van der Waals surface area (Å²) in [5.41, 5.74) is 22.5. The molecule has 69 heavy (non-hydrogen) atoms. The van der Waals surface area contributed by atoms with Crippen molar-refractivity contribution in [3.05, 3.63) is 265 Å². The molecular formula is C67H50N2. The first-order valence-electron chi connectivity index (χ1n) is 24.3. The highest BCUT2D eigenvalue weighted by atomic mass is 15.1. The first kappa shape index (κ1) is 40.8.